The molecular formula is C20H9F4N. The molecule has 0 spiro atoms. The van der Waals surface area contributed by atoms with Gasteiger partial charge in [-0.2, -0.15) is 0 Å². The molecule has 1 aromatic heterocycles. The number of fused-ring (bicyclic) bond motifs is 3. The summed E-state index contributed by atoms with van der Waals surface area (Å²) in [7, 11) is 0. The summed E-state index contributed by atoms with van der Waals surface area (Å²) in [4.78, 5) is 0. The first kappa shape index (κ1) is 15.3. The zero-order valence-corrected chi connectivity index (χ0v) is 12.7. The molecule has 122 valence electrons. The Morgan fingerprint density at radius 3 is 2.08 bits per heavy atom. The summed E-state index contributed by atoms with van der Waals surface area (Å²) in [6.45, 7) is 0. The molecule has 0 saturated heterocycles. The fourth-order valence-electron chi connectivity index (χ4n) is 3.06. The van der Waals surface area contributed by atoms with Crippen molar-refractivity contribution in [1.82, 2.24) is 4.57 Å². The Labute approximate surface area is 140 Å². The third kappa shape index (κ3) is 2.11. The van der Waals surface area contributed by atoms with E-state index in [0.717, 1.165) is 0 Å². The van der Waals surface area contributed by atoms with Crippen LogP contribution in [-0.2, 0) is 0 Å². The largest absolute Gasteiger partial charge is 0.304 e. The standard InChI is InChI=1S/C20H9F4N/c1-2-11-7-8-17-13(9-11)12-5-3-4-6-16(12)25(17)20-18(23)14(21)10-15(22)19(20)24/h1,3-10H. The highest BCUT2D eigenvalue weighted by Gasteiger charge is 2.24. The summed E-state index contributed by atoms with van der Waals surface area (Å²) < 4.78 is 57.3. The van der Waals surface area contributed by atoms with Crippen LogP contribution >= 0.6 is 0 Å². The Hall–Kier alpha value is -3.26. The van der Waals surface area contributed by atoms with E-state index < -0.39 is 29.0 Å². The normalized spacial score (nSPS) is 11.2. The van der Waals surface area contributed by atoms with Crippen LogP contribution in [0.25, 0.3) is 27.5 Å². The van der Waals surface area contributed by atoms with Crippen LogP contribution in [0.2, 0.25) is 0 Å². The smallest absolute Gasteiger partial charge is 0.186 e. The van der Waals surface area contributed by atoms with Crippen molar-refractivity contribution in [2.24, 2.45) is 0 Å². The third-order valence-corrected chi connectivity index (χ3v) is 4.15. The van der Waals surface area contributed by atoms with Crippen LogP contribution < -0.4 is 0 Å². The van der Waals surface area contributed by atoms with Gasteiger partial charge in [0.25, 0.3) is 0 Å². The second-order valence-electron chi connectivity index (χ2n) is 5.55. The number of nitrogens with zero attached hydrogens (tertiary/aromatic N) is 1. The molecule has 5 heteroatoms. The molecule has 1 nitrogen and oxygen atoms in total. The Morgan fingerprint density at radius 1 is 0.760 bits per heavy atom. The minimum absolute atomic E-state index is 0.193. The summed E-state index contributed by atoms with van der Waals surface area (Å²) in [5, 5.41) is 1.30. The molecule has 0 bridgehead atoms. The van der Waals surface area contributed by atoms with Gasteiger partial charge in [-0.15, -0.1) is 6.42 Å². The van der Waals surface area contributed by atoms with Gasteiger partial charge < -0.3 is 4.57 Å². The van der Waals surface area contributed by atoms with E-state index in [9.17, 15) is 17.6 Å². The van der Waals surface area contributed by atoms with Crippen molar-refractivity contribution in [1.29, 1.82) is 0 Å². The molecule has 0 aliphatic heterocycles. The fourth-order valence-corrected chi connectivity index (χ4v) is 3.06. The highest BCUT2D eigenvalue weighted by atomic mass is 19.2. The summed E-state index contributed by atoms with van der Waals surface area (Å²) in [5.74, 6) is -3.33. The molecule has 0 fully saturated rings. The molecule has 0 aliphatic rings. The first-order chi connectivity index (χ1) is 12.0. The summed E-state index contributed by atoms with van der Waals surface area (Å²) >= 11 is 0. The number of aromatic nitrogens is 1. The lowest BCUT2D eigenvalue weighted by Crippen LogP contribution is -2.06. The molecule has 0 atom stereocenters. The quantitative estimate of drug-likeness (QED) is 0.251. The first-order valence-electron chi connectivity index (χ1n) is 7.36. The van der Waals surface area contributed by atoms with Gasteiger partial charge >= 0.3 is 0 Å². The third-order valence-electron chi connectivity index (χ3n) is 4.15. The predicted octanol–water partition coefficient (Wildman–Crippen LogP) is 5.32. The van der Waals surface area contributed by atoms with Gasteiger partial charge in [-0.1, -0.05) is 24.1 Å². The van der Waals surface area contributed by atoms with Crippen molar-refractivity contribution < 1.29 is 17.6 Å². The average molecular weight is 339 g/mol. The first-order valence-corrected chi connectivity index (χ1v) is 7.36. The minimum atomic E-state index is -1.46. The molecule has 0 radical (unpaired) electrons. The number of terminal acetylenes is 1. The maximum atomic E-state index is 14.4. The van der Waals surface area contributed by atoms with Crippen LogP contribution in [0, 0.1) is 35.6 Å². The molecule has 25 heavy (non-hydrogen) atoms. The molecule has 0 unspecified atom stereocenters. The predicted molar refractivity (Wildman–Crippen MR) is 88.5 cm³/mol. The number of rotatable bonds is 1. The van der Waals surface area contributed by atoms with Crippen molar-refractivity contribution in [3.63, 3.8) is 0 Å². The zero-order chi connectivity index (χ0) is 17.7. The van der Waals surface area contributed by atoms with E-state index in [2.05, 4.69) is 5.92 Å². The van der Waals surface area contributed by atoms with Gasteiger partial charge in [-0.05, 0) is 24.3 Å². The maximum absolute atomic E-state index is 14.4. The van der Waals surface area contributed by atoms with Crippen LogP contribution in [0.15, 0.2) is 48.5 Å². The Balaban J connectivity index is 2.25. The minimum Gasteiger partial charge on any atom is -0.304 e. The Morgan fingerprint density at radius 2 is 1.40 bits per heavy atom. The Bertz CT molecular complexity index is 1170. The van der Waals surface area contributed by atoms with Crippen molar-refractivity contribution >= 4 is 21.8 Å². The van der Waals surface area contributed by atoms with Crippen molar-refractivity contribution in [3.05, 3.63) is 77.4 Å². The van der Waals surface area contributed by atoms with Crippen LogP contribution in [0.4, 0.5) is 17.6 Å². The van der Waals surface area contributed by atoms with Gasteiger partial charge in [0.2, 0.25) is 0 Å². The van der Waals surface area contributed by atoms with Crippen LogP contribution in [0.5, 0.6) is 0 Å². The van der Waals surface area contributed by atoms with Gasteiger partial charge in [0.1, 0.15) is 5.69 Å². The van der Waals surface area contributed by atoms with E-state index in [1.54, 1.807) is 42.5 Å². The number of halogens is 4. The lowest BCUT2D eigenvalue weighted by Gasteiger charge is -2.11. The monoisotopic (exact) mass is 339 g/mol. The molecular weight excluding hydrogens is 330 g/mol. The SMILES string of the molecule is C#Cc1ccc2c(c1)c1ccccc1n2-c1c(F)c(F)cc(F)c1F. The van der Waals surface area contributed by atoms with E-state index in [-0.39, 0.29) is 6.07 Å². The van der Waals surface area contributed by atoms with E-state index >= 15 is 0 Å². The molecule has 1 heterocycles. The lowest BCUT2D eigenvalue weighted by molar-refractivity contribution is 0.449. The van der Waals surface area contributed by atoms with Crippen molar-refractivity contribution in [3.8, 4) is 18.0 Å². The van der Waals surface area contributed by atoms with E-state index in [1.165, 1.54) is 4.57 Å². The van der Waals surface area contributed by atoms with E-state index in [4.69, 9.17) is 6.42 Å². The molecule has 0 aliphatic carbocycles. The fraction of sp³-hybridized carbons (Fsp3) is 0. The van der Waals surface area contributed by atoms with E-state index in [0.29, 0.717) is 27.4 Å². The van der Waals surface area contributed by atoms with Crippen LogP contribution in [0.1, 0.15) is 5.56 Å². The highest BCUT2D eigenvalue weighted by Crippen LogP contribution is 2.35. The maximum Gasteiger partial charge on any atom is 0.186 e. The van der Waals surface area contributed by atoms with Gasteiger partial charge in [0, 0.05) is 22.4 Å². The van der Waals surface area contributed by atoms with Gasteiger partial charge in [0.05, 0.1) is 11.0 Å². The summed E-state index contributed by atoms with van der Waals surface area (Å²) in [6, 6.07) is 11.9. The topological polar surface area (TPSA) is 4.93 Å². The zero-order valence-electron chi connectivity index (χ0n) is 12.7. The lowest BCUT2D eigenvalue weighted by atomic mass is 10.1. The number of hydrogen-bond donors (Lipinski definition) is 0. The van der Waals surface area contributed by atoms with Crippen molar-refractivity contribution in [2.45, 2.75) is 0 Å². The Kier molecular flexibility index (Phi) is 3.29. The number of para-hydroxylation sites is 1. The molecule has 4 rings (SSSR count). The summed E-state index contributed by atoms with van der Waals surface area (Å²) in [6.07, 6.45) is 5.41. The van der Waals surface area contributed by atoms with Gasteiger partial charge in [0.15, 0.2) is 23.3 Å². The molecule has 0 N–H and O–H groups in total. The van der Waals surface area contributed by atoms with Crippen LogP contribution in [0.3, 0.4) is 0 Å². The molecule has 0 saturated carbocycles. The number of benzene rings is 3. The van der Waals surface area contributed by atoms with Gasteiger partial charge in [-0.25, -0.2) is 17.6 Å². The van der Waals surface area contributed by atoms with E-state index in [1.807, 2.05) is 0 Å². The summed E-state index contributed by atoms with van der Waals surface area (Å²) in [5.41, 5.74) is 0.594. The highest BCUT2D eigenvalue weighted by molar-refractivity contribution is 6.09. The number of hydrogen-bond acceptors (Lipinski definition) is 0. The van der Waals surface area contributed by atoms with Gasteiger partial charge in [-0.3, -0.25) is 0 Å². The molecule has 4 aromatic rings. The second-order valence-corrected chi connectivity index (χ2v) is 5.55. The van der Waals surface area contributed by atoms with Crippen LogP contribution in [-0.4, -0.2) is 4.57 Å². The molecule has 0 amide bonds. The average Bonchev–Trinajstić information content (AvgIpc) is 2.94. The van der Waals surface area contributed by atoms with Crippen molar-refractivity contribution in [2.75, 3.05) is 0 Å². The second kappa shape index (κ2) is 5.38. The molecule has 3 aromatic carbocycles.